The van der Waals surface area contributed by atoms with Crippen molar-refractivity contribution in [2.45, 2.75) is 18.9 Å². The average molecular weight is 272 g/mol. The van der Waals surface area contributed by atoms with Crippen molar-refractivity contribution in [3.63, 3.8) is 0 Å². The molecule has 1 heterocycles. The number of carbonyl (C=O) groups is 1. The normalized spacial score (nSPS) is 19.8. The van der Waals surface area contributed by atoms with Gasteiger partial charge in [-0.05, 0) is 11.6 Å². The van der Waals surface area contributed by atoms with Crippen LogP contribution in [-0.2, 0) is 16.0 Å². The van der Waals surface area contributed by atoms with Gasteiger partial charge >= 0.3 is 0 Å². The fraction of sp³-hybridized carbons (Fsp3) is 0.462. The van der Waals surface area contributed by atoms with E-state index in [4.69, 9.17) is 16.3 Å². The third kappa shape index (κ3) is 3.51. The minimum Gasteiger partial charge on any atom is -0.379 e. The summed E-state index contributed by atoms with van der Waals surface area (Å²) in [6.07, 6.45) is 0.427. The molecule has 1 aliphatic heterocycles. The highest BCUT2D eigenvalue weighted by Crippen LogP contribution is 2.19. The third-order valence-electron chi connectivity index (χ3n) is 2.89. The Morgan fingerprint density at radius 3 is 3.11 bits per heavy atom. The summed E-state index contributed by atoms with van der Waals surface area (Å²) in [7, 11) is 0. The fourth-order valence-electron chi connectivity index (χ4n) is 2.00. The van der Waals surface area contributed by atoms with Crippen LogP contribution in [0, 0.1) is 5.82 Å². The average Bonchev–Trinajstić information content (AvgIpc) is 2.36. The maximum atomic E-state index is 13.6. The maximum absolute atomic E-state index is 13.6. The summed E-state index contributed by atoms with van der Waals surface area (Å²) in [6, 6.07) is 4.75. The molecule has 3 nitrogen and oxygen atoms in total. The molecule has 98 valence electrons. The number of ether oxygens (including phenoxy) is 1. The van der Waals surface area contributed by atoms with E-state index in [1.54, 1.807) is 12.1 Å². The molecule has 0 radical (unpaired) electrons. The molecule has 0 aromatic heterocycles. The van der Waals surface area contributed by atoms with Gasteiger partial charge in [0.1, 0.15) is 11.6 Å². The van der Waals surface area contributed by atoms with Crippen molar-refractivity contribution in [2.75, 3.05) is 19.8 Å². The zero-order valence-electron chi connectivity index (χ0n) is 9.92. The number of rotatable bonds is 4. The van der Waals surface area contributed by atoms with E-state index in [1.807, 2.05) is 0 Å². The van der Waals surface area contributed by atoms with Gasteiger partial charge in [-0.1, -0.05) is 23.7 Å². The van der Waals surface area contributed by atoms with Crippen LogP contribution in [-0.4, -0.2) is 31.6 Å². The molecule has 1 saturated heterocycles. The SMILES string of the molecule is O=C(Cc1cccc(Cl)c1F)CC1COCCN1. The number of hydrogen-bond donors (Lipinski definition) is 1. The molecule has 0 bridgehead atoms. The van der Waals surface area contributed by atoms with Crippen molar-refractivity contribution in [1.29, 1.82) is 0 Å². The Kier molecular flexibility index (Phi) is 4.69. The minimum absolute atomic E-state index is 0.0147. The van der Waals surface area contributed by atoms with Crippen LogP contribution in [0.5, 0.6) is 0 Å². The highest BCUT2D eigenvalue weighted by atomic mass is 35.5. The fourth-order valence-corrected chi connectivity index (χ4v) is 2.19. The number of hydrogen-bond acceptors (Lipinski definition) is 3. The van der Waals surface area contributed by atoms with Gasteiger partial charge in [-0.15, -0.1) is 0 Å². The van der Waals surface area contributed by atoms with Gasteiger partial charge in [0.15, 0.2) is 0 Å². The van der Waals surface area contributed by atoms with Gasteiger partial charge in [0.25, 0.3) is 0 Å². The smallest absolute Gasteiger partial charge is 0.145 e. The topological polar surface area (TPSA) is 38.3 Å². The van der Waals surface area contributed by atoms with Gasteiger partial charge in [0.2, 0.25) is 0 Å². The number of ketones is 1. The number of nitrogens with one attached hydrogen (secondary N) is 1. The number of halogens is 2. The first kappa shape index (κ1) is 13.5. The summed E-state index contributed by atoms with van der Waals surface area (Å²) < 4.78 is 18.9. The first-order chi connectivity index (χ1) is 8.66. The molecule has 2 rings (SSSR count). The van der Waals surface area contributed by atoms with Gasteiger partial charge < -0.3 is 10.1 Å². The molecule has 0 aliphatic carbocycles. The van der Waals surface area contributed by atoms with Gasteiger partial charge in [0, 0.05) is 25.4 Å². The van der Waals surface area contributed by atoms with E-state index < -0.39 is 5.82 Å². The molecule has 0 amide bonds. The molecule has 1 N–H and O–H groups in total. The van der Waals surface area contributed by atoms with E-state index in [1.165, 1.54) is 6.07 Å². The van der Waals surface area contributed by atoms with Crippen LogP contribution in [0.15, 0.2) is 18.2 Å². The van der Waals surface area contributed by atoms with Crippen LogP contribution < -0.4 is 5.32 Å². The highest BCUT2D eigenvalue weighted by Gasteiger charge is 2.18. The molecule has 1 unspecified atom stereocenters. The number of benzene rings is 1. The second-order valence-electron chi connectivity index (χ2n) is 4.36. The molecule has 1 aliphatic rings. The van der Waals surface area contributed by atoms with Crippen LogP contribution in [0.3, 0.4) is 0 Å². The highest BCUT2D eigenvalue weighted by molar-refractivity contribution is 6.30. The first-order valence-electron chi connectivity index (χ1n) is 5.92. The summed E-state index contributed by atoms with van der Waals surface area (Å²) >= 11 is 5.67. The predicted octanol–water partition coefficient (Wildman–Crippen LogP) is 1.97. The summed E-state index contributed by atoms with van der Waals surface area (Å²) in [5.74, 6) is -0.514. The third-order valence-corrected chi connectivity index (χ3v) is 3.18. The zero-order valence-corrected chi connectivity index (χ0v) is 10.7. The van der Waals surface area contributed by atoms with E-state index in [0.717, 1.165) is 6.54 Å². The van der Waals surface area contributed by atoms with Crippen molar-refractivity contribution in [3.8, 4) is 0 Å². The van der Waals surface area contributed by atoms with Crippen molar-refractivity contribution in [2.24, 2.45) is 0 Å². The largest absolute Gasteiger partial charge is 0.379 e. The summed E-state index contributed by atoms with van der Waals surface area (Å²) in [5.41, 5.74) is 0.351. The monoisotopic (exact) mass is 271 g/mol. The van der Waals surface area contributed by atoms with Crippen molar-refractivity contribution in [1.82, 2.24) is 5.32 Å². The van der Waals surface area contributed by atoms with Gasteiger partial charge in [-0.25, -0.2) is 4.39 Å². The Balaban J connectivity index is 1.92. The van der Waals surface area contributed by atoms with Crippen LogP contribution in [0.1, 0.15) is 12.0 Å². The van der Waals surface area contributed by atoms with E-state index in [9.17, 15) is 9.18 Å². The molecule has 5 heteroatoms. The van der Waals surface area contributed by atoms with E-state index in [0.29, 0.717) is 25.2 Å². The van der Waals surface area contributed by atoms with Crippen LogP contribution in [0.4, 0.5) is 4.39 Å². The molecule has 18 heavy (non-hydrogen) atoms. The quantitative estimate of drug-likeness (QED) is 0.910. The Bertz CT molecular complexity index is 433. The molecule has 1 aromatic rings. The number of carbonyl (C=O) groups excluding carboxylic acids is 1. The van der Waals surface area contributed by atoms with Crippen molar-refractivity contribution >= 4 is 17.4 Å². The molecule has 0 saturated carbocycles. The van der Waals surface area contributed by atoms with Gasteiger partial charge in [0.05, 0.1) is 18.2 Å². The maximum Gasteiger partial charge on any atom is 0.145 e. The lowest BCUT2D eigenvalue weighted by atomic mass is 10.0. The lowest BCUT2D eigenvalue weighted by Crippen LogP contribution is -2.42. The van der Waals surface area contributed by atoms with Crippen LogP contribution in [0.25, 0.3) is 0 Å². The van der Waals surface area contributed by atoms with Crippen LogP contribution >= 0.6 is 11.6 Å². The molecule has 1 aromatic carbocycles. The van der Waals surface area contributed by atoms with Gasteiger partial charge in [-0.3, -0.25) is 4.79 Å². The van der Waals surface area contributed by atoms with Gasteiger partial charge in [-0.2, -0.15) is 0 Å². The Morgan fingerprint density at radius 1 is 1.56 bits per heavy atom. The van der Waals surface area contributed by atoms with E-state index >= 15 is 0 Å². The Hall–Kier alpha value is -0.970. The lowest BCUT2D eigenvalue weighted by Gasteiger charge is -2.23. The summed E-state index contributed by atoms with van der Waals surface area (Å²) in [4.78, 5) is 11.8. The molecule has 1 fully saturated rings. The summed E-state index contributed by atoms with van der Waals surface area (Å²) in [5, 5.41) is 3.25. The van der Waals surface area contributed by atoms with E-state index in [-0.39, 0.29) is 23.3 Å². The standard InChI is InChI=1S/C13H15ClFNO2/c14-12-3-1-2-9(13(12)15)6-11(17)7-10-8-18-5-4-16-10/h1-3,10,16H,4-8H2. The lowest BCUT2D eigenvalue weighted by molar-refractivity contribution is -0.119. The van der Waals surface area contributed by atoms with Crippen molar-refractivity contribution in [3.05, 3.63) is 34.6 Å². The minimum atomic E-state index is -0.500. The zero-order chi connectivity index (χ0) is 13.0. The molecular formula is C13H15ClFNO2. The Labute approximate surface area is 110 Å². The Morgan fingerprint density at radius 2 is 2.39 bits per heavy atom. The van der Waals surface area contributed by atoms with Crippen LogP contribution in [0.2, 0.25) is 5.02 Å². The molecule has 0 spiro atoms. The number of Topliss-reactive ketones (excluding diaryl/α,β-unsaturated/α-hetero) is 1. The molecule has 1 atom stereocenters. The number of morpholine rings is 1. The second kappa shape index (κ2) is 6.27. The predicted molar refractivity (Wildman–Crippen MR) is 67.3 cm³/mol. The summed E-state index contributed by atoms with van der Waals surface area (Å²) in [6.45, 7) is 1.96. The van der Waals surface area contributed by atoms with E-state index in [2.05, 4.69) is 5.32 Å². The first-order valence-corrected chi connectivity index (χ1v) is 6.30. The second-order valence-corrected chi connectivity index (χ2v) is 4.77. The van der Waals surface area contributed by atoms with Crippen molar-refractivity contribution < 1.29 is 13.9 Å². The molecular weight excluding hydrogens is 257 g/mol.